The fourth-order valence-corrected chi connectivity index (χ4v) is 2.06. The first kappa shape index (κ1) is 18.4. The Labute approximate surface area is 142 Å². The quantitative estimate of drug-likeness (QED) is 0.809. The molecule has 132 valence electrons. The molecule has 2 rings (SSSR count). The van der Waals surface area contributed by atoms with Gasteiger partial charge in [-0.15, -0.1) is 0 Å². The summed E-state index contributed by atoms with van der Waals surface area (Å²) < 4.78 is 39.5. The van der Waals surface area contributed by atoms with E-state index < -0.39 is 34.8 Å². The van der Waals surface area contributed by atoms with Crippen LogP contribution in [0, 0.1) is 17.5 Å². The number of benzene rings is 1. The monoisotopic (exact) mass is 351 g/mol. The van der Waals surface area contributed by atoms with E-state index >= 15 is 0 Å². The highest BCUT2D eigenvalue weighted by atomic mass is 19.2. The zero-order valence-electron chi connectivity index (χ0n) is 13.4. The van der Waals surface area contributed by atoms with Crippen LogP contribution in [0.3, 0.4) is 0 Å². The topological polar surface area (TPSA) is 62.3 Å². The highest BCUT2D eigenvalue weighted by Crippen LogP contribution is 2.14. The van der Waals surface area contributed by atoms with Gasteiger partial charge in [-0.05, 0) is 36.2 Å². The summed E-state index contributed by atoms with van der Waals surface area (Å²) in [6.07, 6.45) is 3.90. The molecule has 0 atom stereocenters. The van der Waals surface area contributed by atoms with Crippen molar-refractivity contribution in [2.45, 2.75) is 6.42 Å². The van der Waals surface area contributed by atoms with Crippen LogP contribution in [-0.4, -0.2) is 41.8 Å². The fraction of sp³-hybridized carbons (Fsp3) is 0.235. The van der Waals surface area contributed by atoms with Crippen molar-refractivity contribution in [3.8, 4) is 0 Å². The van der Waals surface area contributed by atoms with E-state index in [9.17, 15) is 22.8 Å². The van der Waals surface area contributed by atoms with Gasteiger partial charge in [-0.2, -0.15) is 0 Å². The van der Waals surface area contributed by atoms with Crippen molar-refractivity contribution in [2.24, 2.45) is 0 Å². The van der Waals surface area contributed by atoms with E-state index in [2.05, 4.69) is 10.3 Å². The molecule has 0 radical (unpaired) electrons. The minimum absolute atomic E-state index is 0.385. The van der Waals surface area contributed by atoms with Crippen molar-refractivity contribution < 1.29 is 22.8 Å². The summed E-state index contributed by atoms with van der Waals surface area (Å²) >= 11 is 0. The van der Waals surface area contributed by atoms with Gasteiger partial charge in [-0.25, -0.2) is 13.2 Å². The molecule has 2 amide bonds. The van der Waals surface area contributed by atoms with E-state index in [4.69, 9.17) is 0 Å². The Bertz CT molecular complexity index is 769. The number of carbonyl (C=O) groups excluding carboxylic acids is 2. The van der Waals surface area contributed by atoms with Gasteiger partial charge in [-0.1, -0.05) is 0 Å². The number of aromatic nitrogens is 1. The maximum atomic E-state index is 13.5. The molecule has 2 aromatic rings. The lowest BCUT2D eigenvalue weighted by Crippen LogP contribution is -2.39. The van der Waals surface area contributed by atoms with Crippen LogP contribution in [0.4, 0.5) is 13.2 Å². The molecular weight excluding hydrogens is 335 g/mol. The summed E-state index contributed by atoms with van der Waals surface area (Å²) in [4.78, 5) is 29.1. The second-order valence-corrected chi connectivity index (χ2v) is 5.33. The van der Waals surface area contributed by atoms with Gasteiger partial charge in [0.05, 0.1) is 12.1 Å². The molecule has 0 saturated heterocycles. The van der Waals surface area contributed by atoms with Crippen LogP contribution in [0.1, 0.15) is 15.9 Å². The SMILES string of the molecule is CN(CCc1ccncc1)C(=O)CNC(=O)c1ccc(F)c(F)c1F. The van der Waals surface area contributed by atoms with Crippen molar-refractivity contribution >= 4 is 11.8 Å². The van der Waals surface area contributed by atoms with E-state index in [1.807, 2.05) is 12.1 Å². The first-order valence-electron chi connectivity index (χ1n) is 7.44. The van der Waals surface area contributed by atoms with Gasteiger partial charge < -0.3 is 10.2 Å². The van der Waals surface area contributed by atoms with Gasteiger partial charge in [0, 0.05) is 26.0 Å². The summed E-state index contributed by atoms with van der Waals surface area (Å²) in [6, 6.07) is 5.12. The van der Waals surface area contributed by atoms with Gasteiger partial charge >= 0.3 is 0 Å². The minimum Gasteiger partial charge on any atom is -0.344 e. The molecule has 1 heterocycles. The standard InChI is InChI=1S/C17H16F3N3O2/c1-23(9-6-11-4-7-21-8-5-11)14(24)10-22-17(25)12-2-3-13(18)16(20)15(12)19/h2-5,7-8H,6,9-10H2,1H3,(H,22,25). The number of carbonyl (C=O) groups is 2. The summed E-state index contributed by atoms with van der Waals surface area (Å²) in [7, 11) is 1.56. The molecule has 0 unspecified atom stereocenters. The van der Waals surface area contributed by atoms with Crippen LogP contribution in [0.15, 0.2) is 36.7 Å². The molecule has 5 nitrogen and oxygen atoms in total. The average molecular weight is 351 g/mol. The van der Waals surface area contributed by atoms with E-state index in [1.165, 1.54) is 4.90 Å². The number of amides is 2. The maximum Gasteiger partial charge on any atom is 0.254 e. The molecule has 1 N–H and O–H groups in total. The van der Waals surface area contributed by atoms with Gasteiger partial charge in [0.25, 0.3) is 5.91 Å². The molecule has 1 aromatic carbocycles. The van der Waals surface area contributed by atoms with Crippen LogP contribution >= 0.6 is 0 Å². The number of hydrogen-bond acceptors (Lipinski definition) is 3. The number of halogens is 3. The van der Waals surface area contributed by atoms with Crippen molar-refractivity contribution in [1.29, 1.82) is 0 Å². The Balaban J connectivity index is 1.86. The first-order chi connectivity index (χ1) is 11.9. The first-order valence-corrected chi connectivity index (χ1v) is 7.44. The minimum atomic E-state index is -1.73. The Kier molecular flexibility index (Phi) is 6.10. The zero-order valence-corrected chi connectivity index (χ0v) is 13.4. The second-order valence-electron chi connectivity index (χ2n) is 5.33. The molecule has 0 bridgehead atoms. The van der Waals surface area contributed by atoms with Gasteiger partial charge in [-0.3, -0.25) is 14.6 Å². The fourth-order valence-electron chi connectivity index (χ4n) is 2.06. The van der Waals surface area contributed by atoms with Gasteiger partial charge in [0.15, 0.2) is 17.5 Å². The predicted octanol–water partition coefficient (Wildman–Crippen LogP) is 1.93. The Morgan fingerprint density at radius 3 is 2.44 bits per heavy atom. The number of likely N-dealkylation sites (N-methyl/N-ethyl adjacent to an activating group) is 1. The van der Waals surface area contributed by atoms with Crippen LogP contribution in [0.25, 0.3) is 0 Å². The van der Waals surface area contributed by atoms with Crippen molar-refractivity contribution in [1.82, 2.24) is 15.2 Å². The van der Waals surface area contributed by atoms with Crippen molar-refractivity contribution in [3.05, 3.63) is 65.2 Å². The van der Waals surface area contributed by atoms with Gasteiger partial charge in [0.2, 0.25) is 5.91 Å². The largest absolute Gasteiger partial charge is 0.344 e. The van der Waals surface area contributed by atoms with Crippen LogP contribution in [-0.2, 0) is 11.2 Å². The molecule has 0 spiro atoms. The molecule has 0 saturated carbocycles. The third kappa shape index (κ3) is 4.79. The zero-order chi connectivity index (χ0) is 18.4. The summed E-state index contributed by atoms with van der Waals surface area (Å²) in [5, 5.41) is 2.20. The molecule has 25 heavy (non-hydrogen) atoms. The second kappa shape index (κ2) is 8.27. The Morgan fingerprint density at radius 1 is 1.08 bits per heavy atom. The third-order valence-corrected chi connectivity index (χ3v) is 3.59. The van der Waals surface area contributed by atoms with Crippen LogP contribution in [0.2, 0.25) is 0 Å². The highest BCUT2D eigenvalue weighted by molar-refractivity contribution is 5.96. The molecule has 8 heteroatoms. The molecule has 0 aliphatic heterocycles. The Hall–Kier alpha value is -2.90. The smallest absolute Gasteiger partial charge is 0.254 e. The number of hydrogen-bond donors (Lipinski definition) is 1. The highest BCUT2D eigenvalue weighted by Gasteiger charge is 2.19. The lowest BCUT2D eigenvalue weighted by molar-refractivity contribution is -0.128. The normalized spacial score (nSPS) is 10.4. The lowest BCUT2D eigenvalue weighted by Gasteiger charge is -2.17. The predicted molar refractivity (Wildman–Crippen MR) is 84.2 cm³/mol. The van der Waals surface area contributed by atoms with Crippen molar-refractivity contribution in [3.63, 3.8) is 0 Å². The van der Waals surface area contributed by atoms with Crippen molar-refractivity contribution in [2.75, 3.05) is 20.1 Å². The molecular formula is C17H16F3N3O2. The average Bonchev–Trinajstić information content (AvgIpc) is 2.62. The van der Waals surface area contributed by atoms with E-state index in [1.54, 1.807) is 19.4 Å². The summed E-state index contributed by atoms with van der Waals surface area (Å²) in [5.41, 5.74) is 0.341. The maximum absolute atomic E-state index is 13.5. The van der Waals surface area contributed by atoms with E-state index in [0.29, 0.717) is 19.0 Å². The molecule has 0 aliphatic rings. The lowest BCUT2D eigenvalue weighted by atomic mass is 10.2. The van der Waals surface area contributed by atoms with Crippen LogP contribution < -0.4 is 5.32 Å². The molecule has 1 aromatic heterocycles. The third-order valence-electron chi connectivity index (χ3n) is 3.59. The number of pyridine rings is 1. The number of rotatable bonds is 6. The van der Waals surface area contributed by atoms with Gasteiger partial charge in [0.1, 0.15) is 0 Å². The van der Waals surface area contributed by atoms with Crippen LogP contribution in [0.5, 0.6) is 0 Å². The molecule has 0 aliphatic carbocycles. The molecule has 0 fully saturated rings. The number of nitrogens with one attached hydrogen (secondary N) is 1. The van der Waals surface area contributed by atoms with E-state index in [-0.39, 0.29) is 6.54 Å². The number of nitrogens with zero attached hydrogens (tertiary/aromatic N) is 2. The summed E-state index contributed by atoms with van der Waals surface area (Å²) in [6.45, 7) is 0.0301. The Morgan fingerprint density at radius 2 is 1.76 bits per heavy atom. The summed E-state index contributed by atoms with van der Waals surface area (Å²) in [5.74, 6) is -6.09. The van der Waals surface area contributed by atoms with E-state index in [0.717, 1.165) is 11.6 Å².